The summed E-state index contributed by atoms with van der Waals surface area (Å²) in [6.45, 7) is 3.57. The van der Waals surface area contributed by atoms with Gasteiger partial charge in [-0.2, -0.15) is 0 Å². The molecule has 2 aliphatic rings. The zero-order chi connectivity index (χ0) is 11.0. The van der Waals surface area contributed by atoms with Crippen molar-refractivity contribution in [3.05, 3.63) is 29.3 Å². The maximum absolute atomic E-state index is 6.05. The standard InChI is InChI=1S/C14H20N2/c15-14-6-2-5-12-7-8-16(10-13(12)14)9-11-3-1-4-11/h2,5-6,11H,1,3-4,7-10,15H2. The van der Waals surface area contributed by atoms with Crippen molar-refractivity contribution in [1.29, 1.82) is 0 Å². The highest BCUT2D eigenvalue weighted by Crippen LogP contribution is 2.30. The number of nitrogens with two attached hydrogens (primary N) is 1. The van der Waals surface area contributed by atoms with Crippen LogP contribution in [-0.4, -0.2) is 18.0 Å². The van der Waals surface area contributed by atoms with Crippen LogP contribution in [0, 0.1) is 5.92 Å². The van der Waals surface area contributed by atoms with E-state index in [1.807, 2.05) is 6.07 Å². The molecule has 1 fully saturated rings. The number of nitrogens with zero attached hydrogens (tertiary/aromatic N) is 1. The fourth-order valence-electron chi connectivity index (χ4n) is 2.86. The van der Waals surface area contributed by atoms with Gasteiger partial charge in [0.15, 0.2) is 0 Å². The molecule has 1 saturated carbocycles. The summed E-state index contributed by atoms with van der Waals surface area (Å²) in [5.74, 6) is 0.964. The van der Waals surface area contributed by atoms with Crippen LogP contribution in [0.1, 0.15) is 30.4 Å². The lowest BCUT2D eigenvalue weighted by molar-refractivity contribution is 0.166. The second-order valence-electron chi connectivity index (χ2n) is 5.27. The molecule has 2 N–H and O–H groups in total. The van der Waals surface area contributed by atoms with Gasteiger partial charge in [-0.05, 0) is 42.4 Å². The van der Waals surface area contributed by atoms with E-state index in [0.29, 0.717) is 0 Å². The van der Waals surface area contributed by atoms with Crippen LogP contribution in [0.5, 0.6) is 0 Å². The summed E-state index contributed by atoms with van der Waals surface area (Å²) in [6.07, 6.45) is 5.49. The molecule has 0 atom stereocenters. The second-order valence-corrected chi connectivity index (χ2v) is 5.27. The van der Waals surface area contributed by atoms with Gasteiger partial charge in [0.25, 0.3) is 0 Å². The quantitative estimate of drug-likeness (QED) is 0.769. The summed E-state index contributed by atoms with van der Waals surface area (Å²) in [5, 5.41) is 0. The van der Waals surface area contributed by atoms with E-state index in [4.69, 9.17) is 5.73 Å². The zero-order valence-electron chi connectivity index (χ0n) is 9.78. The molecule has 2 heteroatoms. The molecule has 2 nitrogen and oxygen atoms in total. The molecule has 0 radical (unpaired) electrons. The normalized spacial score (nSPS) is 21.5. The van der Waals surface area contributed by atoms with Crippen molar-refractivity contribution in [3.63, 3.8) is 0 Å². The molecule has 86 valence electrons. The molecular formula is C14H20N2. The minimum atomic E-state index is 0.964. The molecule has 3 rings (SSSR count). The van der Waals surface area contributed by atoms with Crippen molar-refractivity contribution in [1.82, 2.24) is 4.90 Å². The van der Waals surface area contributed by atoms with Crippen LogP contribution in [0.15, 0.2) is 18.2 Å². The summed E-state index contributed by atoms with van der Waals surface area (Å²) in [5.41, 5.74) is 9.88. The third kappa shape index (κ3) is 1.82. The summed E-state index contributed by atoms with van der Waals surface area (Å²) < 4.78 is 0. The SMILES string of the molecule is Nc1cccc2c1CN(CC1CCC1)CC2. The largest absolute Gasteiger partial charge is 0.398 e. The first-order valence-corrected chi connectivity index (χ1v) is 6.41. The van der Waals surface area contributed by atoms with Crippen LogP contribution in [0.25, 0.3) is 0 Å². The summed E-state index contributed by atoms with van der Waals surface area (Å²) >= 11 is 0. The maximum Gasteiger partial charge on any atom is 0.0362 e. The maximum atomic E-state index is 6.05. The van der Waals surface area contributed by atoms with Gasteiger partial charge in [0, 0.05) is 25.3 Å². The third-order valence-corrected chi connectivity index (χ3v) is 4.13. The predicted molar refractivity (Wildman–Crippen MR) is 67.2 cm³/mol. The molecular weight excluding hydrogens is 196 g/mol. The van der Waals surface area contributed by atoms with Gasteiger partial charge in [0.2, 0.25) is 0 Å². The van der Waals surface area contributed by atoms with E-state index < -0.39 is 0 Å². The van der Waals surface area contributed by atoms with Crippen molar-refractivity contribution in [2.45, 2.75) is 32.2 Å². The Morgan fingerprint density at radius 3 is 2.94 bits per heavy atom. The van der Waals surface area contributed by atoms with Crippen LogP contribution >= 0.6 is 0 Å². The van der Waals surface area contributed by atoms with Crippen LogP contribution in [0.2, 0.25) is 0 Å². The van der Waals surface area contributed by atoms with Gasteiger partial charge in [-0.25, -0.2) is 0 Å². The van der Waals surface area contributed by atoms with Gasteiger partial charge in [0.05, 0.1) is 0 Å². The first-order chi connectivity index (χ1) is 7.83. The second kappa shape index (κ2) is 4.10. The van der Waals surface area contributed by atoms with Gasteiger partial charge in [0.1, 0.15) is 0 Å². The highest BCUT2D eigenvalue weighted by molar-refractivity contribution is 5.51. The van der Waals surface area contributed by atoms with Crippen molar-refractivity contribution in [2.75, 3.05) is 18.8 Å². The molecule has 0 saturated heterocycles. The molecule has 0 amide bonds. The summed E-state index contributed by atoms with van der Waals surface area (Å²) in [7, 11) is 0. The molecule has 0 unspecified atom stereocenters. The van der Waals surface area contributed by atoms with Gasteiger partial charge in [-0.15, -0.1) is 0 Å². The number of fused-ring (bicyclic) bond motifs is 1. The monoisotopic (exact) mass is 216 g/mol. The Kier molecular flexibility index (Phi) is 2.60. The Bertz CT molecular complexity index is 382. The predicted octanol–water partition coefficient (Wildman–Crippen LogP) is 2.43. The van der Waals surface area contributed by atoms with E-state index >= 15 is 0 Å². The number of nitrogen functional groups attached to an aromatic ring is 1. The Morgan fingerprint density at radius 2 is 2.19 bits per heavy atom. The molecule has 16 heavy (non-hydrogen) atoms. The number of hydrogen-bond acceptors (Lipinski definition) is 2. The summed E-state index contributed by atoms with van der Waals surface area (Å²) in [6, 6.07) is 6.34. The minimum Gasteiger partial charge on any atom is -0.398 e. The zero-order valence-corrected chi connectivity index (χ0v) is 9.78. The third-order valence-electron chi connectivity index (χ3n) is 4.13. The van der Waals surface area contributed by atoms with Crippen molar-refractivity contribution in [2.24, 2.45) is 5.92 Å². The Balaban J connectivity index is 1.72. The molecule has 0 bridgehead atoms. The lowest BCUT2D eigenvalue weighted by atomic mass is 9.84. The smallest absolute Gasteiger partial charge is 0.0362 e. The van der Waals surface area contributed by atoms with Crippen molar-refractivity contribution >= 4 is 5.69 Å². The summed E-state index contributed by atoms with van der Waals surface area (Å²) in [4.78, 5) is 2.59. The lowest BCUT2D eigenvalue weighted by Crippen LogP contribution is -2.36. The molecule has 1 aromatic carbocycles. The van der Waals surface area contributed by atoms with Crippen LogP contribution in [-0.2, 0) is 13.0 Å². The molecule has 1 aromatic rings. The average Bonchev–Trinajstić information content (AvgIpc) is 2.24. The molecule has 1 aliphatic carbocycles. The first kappa shape index (κ1) is 10.2. The van der Waals surface area contributed by atoms with Gasteiger partial charge >= 0.3 is 0 Å². The van der Waals surface area contributed by atoms with E-state index in [2.05, 4.69) is 17.0 Å². The van der Waals surface area contributed by atoms with Crippen LogP contribution < -0.4 is 5.73 Å². The molecule has 1 heterocycles. The van der Waals surface area contributed by atoms with E-state index in [1.54, 1.807) is 0 Å². The van der Waals surface area contributed by atoms with Gasteiger partial charge in [-0.1, -0.05) is 18.6 Å². The lowest BCUT2D eigenvalue weighted by Gasteiger charge is -2.35. The molecule has 0 aromatic heterocycles. The highest BCUT2D eigenvalue weighted by Gasteiger charge is 2.24. The van der Waals surface area contributed by atoms with E-state index in [0.717, 1.165) is 18.2 Å². The van der Waals surface area contributed by atoms with Gasteiger partial charge in [-0.3, -0.25) is 4.90 Å². The number of benzene rings is 1. The van der Waals surface area contributed by atoms with E-state index in [1.165, 1.54) is 49.9 Å². The highest BCUT2D eigenvalue weighted by atomic mass is 15.1. The van der Waals surface area contributed by atoms with E-state index in [-0.39, 0.29) is 0 Å². The van der Waals surface area contributed by atoms with Crippen molar-refractivity contribution in [3.8, 4) is 0 Å². The number of anilines is 1. The van der Waals surface area contributed by atoms with Crippen LogP contribution in [0.3, 0.4) is 0 Å². The average molecular weight is 216 g/mol. The topological polar surface area (TPSA) is 29.3 Å². The van der Waals surface area contributed by atoms with E-state index in [9.17, 15) is 0 Å². The minimum absolute atomic E-state index is 0.964. The number of rotatable bonds is 2. The Morgan fingerprint density at radius 1 is 1.31 bits per heavy atom. The Hall–Kier alpha value is -1.02. The van der Waals surface area contributed by atoms with Crippen molar-refractivity contribution < 1.29 is 0 Å². The number of hydrogen-bond donors (Lipinski definition) is 1. The van der Waals surface area contributed by atoms with Gasteiger partial charge < -0.3 is 5.73 Å². The fraction of sp³-hybridized carbons (Fsp3) is 0.571. The fourth-order valence-corrected chi connectivity index (χ4v) is 2.86. The van der Waals surface area contributed by atoms with Crippen LogP contribution in [0.4, 0.5) is 5.69 Å². The molecule has 0 spiro atoms. The molecule has 1 aliphatic heterocycles. The Labute approximate surface area is 97.4 Å². The first-order valence-electron chi connectivity index (χ1n) is 6.41.